The molecule has 0 spiro atoms. The summed E-state index contributed by atoms with van der Waals surface area (Å²) in [7, 11) is -3.53. The number of hydrogen-bond acceptors (Lipinski definition) is 3. The zero-order valence-corrected chi connectivity index (χ0v) is 8.57. The lowest BCUT2D eigenvalue weighted by molar-refractivity contribution is -0.122. The van der Waals surface area contributed by atoms with Crippen molar-refractivity contribution in [3.05, 3.63) is 0 Å². The number of amides is 1. The second kappa shape index (κ2) is 3.26. The summed E-state index contributed by atoms with van der Waals surface area (Å²) < 4.78 is 24.0. The Labute approximate surface area is 77.9 Å². The fraction of sp³-hybridized carbons (Fsp3) is 0.857. The molecule has 1 rings (SSSR count). The van der Waals surface area contributed by atoms with E-state index < -0.39 is 20.7 Å². The van der Waals surface area contributed by atoms with Gasteiger partial charge in [0, 0.05) is 13.1 Å². The van der Waals surface area contributed by atoms with Crippen LogP contribution < -0.4 is 10.0 Å². The van der Waals surface area contributed by atoms with E-state index in [2.05, 4.69) is 10.0 Å². The van der Waals surface area contributed by atoms with Gasteiger partial charge in [-0.05, 0) is 20.3 Å². The number of nitrogens with one attached hydrogen (secondary N) is 2. The molecule has 2 N–H and O–H groups in total. The average Bonchev–Trinajstić information content (AvgIpc) is 2.01. The molecule has 76 valence electrons. The van der Waals surface area contributed by atoms with E-state index in [1.54, 1.807) is 0 Å². The van der Waals surface area contributed by atoms with Crippen LogP contribution in [0.5, 0.6) is 0 Å². The number of carbonyl (C=O) groups excluding carboxylic acids is 1. The van der Waals surface area contributed by atoms with E-state index in [-0.39, 0.29) is 0 Å². The van der Waals surface area contributed by atoms with Gasteiger partial charge in [0.1, 0.15) is 0 Å². The predicted octanol–water partition coefficient (Wildman–Crippen LogP) is -0.796. The Balaban J connectivity index is 3.02. The van der Waals surface area contributed by atoms with Gasteiger partial charge in [-0.3, -0.25) is 4.79 Å². The van der Waals surface area contributed by atoms with Gasteiger partial charge in [0.2, 0.25) is 15.9 Å². The Morgan fingerprint density at radius 2 is 1.92 bits per heavy atom. The number of sulfonamides is 1. The molecule has 0 saturated carbocycles. The Morgan fingerprint density at radius 1 is 1.31 bits per heavy atom. The van der Waals surface area contributed by atoms with Crippen molar-refractivity contribution in [2.24, 2.45) is 0 Å². The van der Waals surface area contributed by atoms with Crippen LogP contribution in [0.2, 0.25) is 0 Å². The first-order chi connectivity index (χ1) is 5.88. The van der Waals surface area contributed by atoms with E-state index >= 15 is 0 Å². The van der Waals surface area contributed by atoms with E-state index in [0.717, 1.165) is 0 Å². The molecule has 0 aromatic rings. The van der Waals surface area contributed by atoms with E-state index in [4.69, 9.17) is 0 Å². The van der Waals surface area contributed by atoms with Crippen molar-refractivity contribution in [1.29, 1.82) is 0 Å². The molecule has 0 radical (unpaired) electrons. The lowest BCUT2D eigenvalue weighted by Gasteiger charge is -2.26. The minimum Gasteiger partial charge on any atom is -0.355 e. The molecule has 5 nitrogen and oxygen atoms in total. The highest BCUT2D eigenvalue weighted by atomic mass is 32.2. The molecule has 1 aliphatic heterocycles. The van der Waals surface area contributed by atoms with Crippen LogP contribution in [0.15, 0.2) is 0 Å². The largest absolute Gasteiger partial charge is 0.355 e. The minimum absolute atomic E-state index is 0.381. The lowest BCUT2D eigenvalue weighted by Crippen LogP contribution is -2.55. The molecular formula is C7H14N2O3S. The topological polar surface area (TPSA) is 75.3 Å². The standard InChI is InChI=1S/C7H14N2O3S/c1-7(2)6(10)8-4-3-5-9-13(7,11)12/h9H,3-5H2,1-2H3,(H,8,10). The third kappa shape index (κ3) is 1.83. The van der Waals surface area contributed by atoms with E-state index in [9.17, 15) is 13.2 Å². The molecular weight excluding hydrogens is 192 g/mol. The molecule has 6 heteroatoms. The Kier molecular flexibility index (Phi) is 2.63. The first-order valence-corrected chi connectivity index (χ1v) is 5.64. The molecule has 1 amide bonds. The minimum atomic E-state index is -3.53. The Morgan fingerprint density at radius 3 is 2.54 bits per heavy atom. The van der Waals surface area contributed by atoms with Crippen molar-refractivity contribution in [2.75, 3.05) is 13.1 Å². The third-order valence-corrected chi connectivity index (χ3v) is 4.26. The molecule has 1 saturated heterocycles. The molecule has 1 heterocycles. The van der Waals surface area contributed by atoms with Crippen molar-refractivity contribution in [1.82, 2.24) is 10.0 Å². The molecule has 1 fully saturated rings. The lowest BCUT2D eigenvalue weighted by atomic mass is 10.2. The van der Waals surface area contributed by atoms with Crippen LogP contribution in [-0.4, -0.2) is 32.2 Å². The molecule has 0 atom stereocenters. The summed E-state index contributed by atoms with van der Waals surface area (Å²) in [5.74, 6) is -0.445. The zero-order chi connectivity index (χ0) is 10.1. The monoisotopic (exact) mass is 206 g/mol. The smallest absolute Gasteiger partial charge is 0.242 e. The summed E-state index contributed by atoms with van der Waals surface area (Å²) in [6, 6.07) is 0. The Bertz CT molecular complexity index is 308. The summed E-state index contributed by atoms with van der Waals surface area (Å²) >= 11 is 0. The quantitative estimate of drug-likeness (QED) is 0.545. The van der Waals surface area contributed by atoms with Gasteiger partial charge in [-0.15, -0.1) is 0 Å². The second-order valence-electron chi connectivity index (χ2n) is 3.52. The van der Waals surface area contributed by atoms with Crippen LogP contribution in [0.25, 0.3) is 0 Å². The predicted molar refractivity (Wildman–Crippen MR) is 48.6 cm³/mol. The van der Waals surface area contributed by atoms with Gasteiger partial charge in [0.25, 0.3) is 0 Å². The maximum absolute atomic E-state index is 11.5. The molecule has 0 aromatic carbocycles. The number of rotatable bonds is 0. The summed E-state index contributed by atoms with van der Waals surface area (Å²) in [5.41, 5.74) is 0. The highest BCUT2D eigenvalue weighted by Gasteiger charge is 2.41. The van der Waals surface area contributed by atoms with Crippen LogP contribution in [-0.2, 0) is 14.8 Å². The SMILES string of the molecule is CC1(C)C(=O)NCCCNS1(=O)=O. The molecule has 13 heavy (non-hydrogen) atoms. The fourth-order valence-electron chi connectivity index (χ4n) is 1.01. The van der Waals surface area contributed by atoms with Gasteiger partial charge in [0.15, 0.2) is 4.75 Å². The molecule has 0 aromatic heterocycles. The van der Waals surface area contributed by atoms with E-state index in [0.29, 0.717) is 19.5 Å². The van der Waals surface area contributed by atoms with Gasteiger partial charge < -0.3 is 5.32 Å². The van der Waals surface area contributed by atoms with Gasteiger partial charge in [-0.1, -0.05) is 0 Å². The highest BCUT2D eigenvalue weighted by Crippen LogP contribution is 2.16. The summed E-state index contributed by atoms with van der Waals surface area (Å²) in [6.45, 7) is 3.70. The first-order valence-electron chi connectivity index (χ1n) is 4.15. The van der Waals surface area contributed by atoms with Crippen LogP contribution >= 0.6 is 0 Å². The van der Waals surface area contributed by atoms with Crippen molar-refractivity contribution in [3.8, 4) is 0 Å². The van der Waals surface area contributed by atoms with Crippen molar-refractivity contribution in [3.63, 3.8) is 0 Å². The van der Waals surface area contributed by atoms with Crippen LogP contribution in [0.3, 0.4) is 0 Å². The van der Waals surface area contributed by atoms with Crippen LogP contribution in [0.1, 0.15) is 20.3 Å². The van der Waals surface area contributed by atoms with E-state index in [1.165, 1.54) is 13.8 Å². The maximum atomic E-state index is 11.5. The molecule has 0 unspecified atom stereocenters. The summed E-state index contributed by atoms with van der Waals surface area (Å²) in [5, 5.41) is 2.57. The number of hydrogen-bond donors (Lipinski definition) is 2. The normalized spacial score (nSPS) is 27.1. The average molecular weight is 206 g/mol. The van der Waals surface area contributed by atoms with Crippen molar-refractivity contribution in [2.45, 2.75) is 25.0 Å². The third-order valence-electron chi connectivity index (χ3n) is 2.15. The highest BCUT2D eigenvalue weighted by molar-refractivity contribution is 7.91. The van der Waals surface area contributed by atoms with Gasteiger partial charge in [-0.2, -0.15) is 0 Å². The molecule has 1 aliphatic rings. The zero-order valence-electron chi connectivity index (χ0n) is 7.75. The second-order valence-corrected chi connectivity index (χ2v) is 5.83. The summed E-state index contributed by atoms with van der Waals surface area (Å²) in [6.07, 6.45) is 0.626. The van der Waals surface area contributed by atoms with Crippen LogP contribution in [0, 0.1) is 0 Å². The van der Waals surface area contributed by atoms with Crippen molar-refractivity contribution >= 4 is 15.9 Å². The number of carbonyl (C=O) groups is 1. The molecule has 0 bridgehead atoms. The van der Waals surface area contributed by atoms with Gasteiger partial charge in [0.05, 0.1) is 0 Å². The maximum Gasteiger partial charge on any atom is 0.242 e. The van der Waals surface area contributed by atoms with Gasteiger partial charge >= 0.3 is 0 Å². The van der Waals surface area contributed by atoms with Gasteiger partial charge in [-0.25, -0.2) is 13.1 Å². The molecule has 0 aliphatic carbocycles. The first kappa shape index (κ1) is 10.5. The van der Waals surface area contributed by atoms with Crippen LogP contribution in [0.4, 0.5) is 0 Å². The van der Waals surface area contributed by atoms with E-state index in [1.807, 2.05) is 0 Å². The Hall–Kier alpha value is -0.620. The summed E-state index contributed by atoms with van der Waals surface area (Å²) in [4.78, 5) is 11.4. The fourth-order valence-corrected chi connectivity index (χ4v) is 2.10. The van der Waals surface area contributed by atoms with Crippen molar-refractivity contribution < 1.29 is 13.2 Å².